The van der Waals surface area contributed by atoms with E-state index in [1.165, 1.54) is 6.42 Å². The Morgan fingerprint density at radius 1 is 1.60 bits per heavy atom. The third-order valence-corrected chi connectivity index (χ3v) is 3.83. The van der Waals surface area contributed by atoms with Crippen LogP contribution in [0.3, 0.4) is 0 Å². The Bertz CT molecular complexity index is 437. The molecule has 5 nitrogen and oxygen atoms in total. The van der Waals surface area contributed by atoms with Gasteiger partial charge < -0.3 is 14.8 Å². The monoisotopic (exact) mass is 275 g/mol. The smallest absolute Gasteiger partial charge is 0.194 e. The Kier molecular flexibility index (Phi) is 5.21. The summed E-state index contributed by atoms with van der Waals surface area (Å²) in [7, 11) is 0. The van der Waals surface area contributed by atoms with Crippen molar-refractivity contribution in [2.24, 2.45) is 10.9 Å². The van der Waals surface area contributed by atoms with E-state index in [4.69, 9.17) is 0 Å². The van der Waals surface area contributed by atoms with Crippen molar-refractivity contribution < 1.29 is 0 Å². The lowest BCUT2D eigenvalue weighted by Crippen LogP contribution is -2.49. The Labute approximate surface area is 121 Å². The van der Waals surface area contributed by atoms with Crippen molar-refractivity contribution in [3.63, 3.8) is 0 Å². The topological polar surface area (TPSA) is 45.5 Å². The Morgan fingerprint density at radius 2 is 2.45 bits per heavy atom. The van der Waals surface area contributed by atoms with Gasteiger partial charge >= 0.3 is 0 Å². The maximum absolute atomic E-state index is 4.58. The van der Waals surface area contributed by atoms with E-state index >= 15 is 0 Å². The zero-order valence-electron chi connectivity index (χ0n) is 12.5. The summed E-state index contributed by atoms with van der Waals surface area (Å²) >= 11 is 0. The van der Waals surface area contributed by atoms with Crippen LogP contribution in [0, 0.1) is 5.92 Å². The van der Waals surface area contributed by atoms with Crippen LogP contribution in [0.1, 0.15) is 26.3 Å². The molecule has 0 aliphatic carbocycles. The molecule has 5 heteroatoms. The number of aromatic nitrogens is 2. The molecule has 20 heavy (non-hydrogen) atoms. The zero-order chi connectivity index (χ0) is 14.4. The first-order valence-corrected chi connectivity index (χ1v) is 7.37. The number of hydrogen-bond donors (Lipinski definition) is 1. The normalized spacial score (nSPS) is 23.7. The van der Waals surface area contributed by atoms with Crippen molar-refractivity contribution in [3.8, 4) is 0 Å². The van der Waals surface area contributed by atoms with Crippen molar-refractivity contribution >= 4 is 5.96 Å². The molecule has 2 heterocycles. The lowest BCUT2D eigenvalue weighted by atomic mass is 9.93. The van der Waals surface area contributed by atoms with E-state index in [0.717, 1.165) is 25.6 Å². The first-order chi connectivity index (χ1) is 9.76. The van der Waals surface area contributed by atoms with Crippen LogP contribution in [0.4, 0.5) is 0 Å². The average Bonchev–Trinajstić information content (AvgIpc) is 2.98. The largest absolute Gasteiger partial charge is 0.357 e. The Balaban J connectivity index is 2.10. The summed E-state index contributed by atoms with van der Waals surface area (Å²) in [6.07, 6.45) is 8.82. The standard InChI is InChI=1S/C15H25N5/c1-4-7-18-15(17-5-2)19-9-6-13(3)14(11-19)20-10-8-16-12-20/h4,8,10,12-14H,1,5-7,9,11H2,2-3H3,(H,17,18). The summed E-state index contributed by atoms with van der Waals surface area (Å²) in [5.74, 6) is 1.65. The lowest BCUT2D eigenvalue weighted by Gasteiger charge is -2.39. The molecule has 0 radical (unpaired) electrons. The number of imidazole rings is 1. The van der Waals surface area contributed by atoms with Gasteiger partial charge in [-0.2, -0.15) is 0 Å². The molecule has 0 amide bonds. The number of aliphatic imine (C=N–C) groups is 1. The van der Waals surface area contributed by atoms with Crippen LogP contribution in [0.2, 0.25) is 0 Å². The Hall–Kier alpha value is -1.78. The molecule has 1 fully saturated rings. The third kappa shape index (κ3) is 3.40. The third-order valence-electron chi connectivity index (χ3n) is 3.83. The summed E-state index contributed by atoms with van der Waals surface area (Å²) in [6, 6.07) is 0.457. The molecule has 0 spiro atoms. The first kappa shape index (κ1) is 14.6. The molecule has 1 aliphatic rings. The highest BCUT2D eigenvalue weighted by atomic mass is 15.3. The second-order valence-electron chi connectivity index (χ2n) is 5.27. The zero-order valence-corrected chi connectivity index (χ0v) is 12.5. The second-order valence-corrected chi connectivity index (χ2v) is 5.27. The van der Waals surface area contributed by atoms with E-state index in [9.17, 15) is 0 Å². The average molecular weight is 275 g/mol. The van der Waals surface area contributed by atoms with Gasteiger partial charge in [0.05, 0.1) is 18.9 Å². The fraction of sp³-hybridized carbons (Fsp3) is 0.600. The highest BCUT2D eigenvalue weighted by molar-refractivity contribution is 5.80. The van der Waals surface area contributed by atoms with Crippen molar-refractivity contribution in [1.29, 1.82) is 0 Å². The number of nitrogens with zero attached hydrogens (tertiary/aromatic N) is 4. The molecule has 110 valence electrons. The molecule has 2 rings (SSSR count). The number of nitrogens with one attached hydrogen (secondary N) is 1. The number of piperidine rings is 1. The Morgan fingerprint density at radius 3 is 3.10 bits per heavy atom. The van der Waals surface area contributed by atoms with Gasteiger partial charge in [0.25, 0.3) is 0 Å². The predicted molar refractivity (Wildman–Crippen MR) is 82.8 cm³/mol. The van der Waals surface area contributed by atoms with E-state index < -0.39 is 0 Å². The molecule has 0 saturated carbocycles. The van der Waals surface area contributed by atoms with Crippen LogP contribution in [-0.2, 0) is 0 Å². The van der Waals surface area contributed by atoms with E-state index in [0.29, 0.717) is 18.5 Å². The SMILES string of the molecule is C=CCN=C(NCC)N1CCC(C)C(n2ccnc2)C1. The maximum atomic E-state index is 4.58. The fourth-order valence-electron chi connectivity index (χ4n) is 2.67. The highest BCUT2D eigenvalue weighted by Crippen LogP contribution is 2.27. The van der Waals surface area contributed by atoms with Crippen molar-refractivity contribution in [3.05, 3.63) is 31.4 Å². The van der Waals surface area contributed by atoms with E-state index in [1.54, 1.807) is 0 Å². The maximum Gasteiger partial charge on any atom is 0.194 e. The molecule has 0 bridgehead atoms. The molecule has 1 N–H and O–H groups in total. The number of likely N-dealkylation sites (tertiary alicyclic amines) is 1. The minimum absolute atomic E-state index is 0.457. The van der Waals surface area contributed by atoms with E-state index in [2.05, 4.69) is 51.4 Å². The molecule has 2 atom stereocenters. The number of guanidine groups is 1. The molecular formula is C15H25N5. The van der Waals surface area contributed by atoms with Crippen LogP contribution < -0.4 is 5.32 Å². The van der Waals surface area contributed by atoms with Gasteiger partial charge in [-0.15, -0.1) is 6.58 Å². The summed E-state index contributed by atoms with van der Waals surface area (Å²) in [4.78, 5) is 11.1. The van der Waals surface area contributed by atoms with Crippen molar-refractivity contribution in [2.75, 3.05) is 26.2 Å². The first-order valence-electron chi connectivity index (χ1n) is 7.37. The van der Waals surface area contributed by atoms with Gasteiger partial charge in [-0.1, -0.05) is 13.0 Å². The summed E-state index contributed by atoms with van der Waals surface area (Å²) in [5, 5.41) is 3.37. The van der Waals surface area contributed by atoms with Gasteiger partial charge in [-0.05, 0) is 19.3 Å². The van der Waals surface area contributed by atoms with Gasteiger partial charge in [0, 0.05) is 32.0 Å². The highest BCUT2D eigenvalue weighted by Gasteiger charge is 2.28. The molecule has 1 saturated heterocycles. The molecule has 2 unspecified atom stereocenters. The summed E-state index contributed by atoms with van der Waals surface area (Å²) in [6.45, 7) is 11.7. The van der Waals surface area contributed by atoms with Gasteiger partial charge in [-0.25, -0.2) is 9.98 Å². The van der Waals surface area contributed by atoms with Crippen LogP contribution in [0.15, 0.2) is 36.4 Å². The van der Waals surface area contributed by atoms with Crippen molar-refractivity contribution in [2.45, 2.75) is 26.3 Å². The lowest BCUT2D eigenvalue weighted by molar-refractivity contribution is 0.189. The van der Waals surface area contributed by atoms with E-state index in [1.807, 2.05) is 18.6 Å². The number of hydrogen-bond acceptors (Lipinski definition) is 2. The minimum atomic E-state index is 0.457. The second kappa shape index (κ2) is 7.12. The minimum Gasteiger partial charge on any atom is -0.357 e. The van der Waals surface area contributed by atoms with Crippen LogP contribution in [-0.4, -0.2) is 46.6 Å². The summed E-state index contributed by atoms with van der Waals surface area (Å²) in [5.41, 5.74) is 0. The summed E-state index contributed by atoms with van der Waals surface area (Å²) < 4.78 is 2.22. The fourth-order valence-corrected chi connectivity index (χ4v) is 2.67. The quantitative estimate of drug-likeness (QED) is 0.519. The van der Waals surface area contributed by atoms with Gasteiger partial charge in [0.1, 0.15) is 0 Å². The van der Waals surface area contributed by atoms with Crippen LogP contribution in [0.5, 0.6) is 0 Å². The molecule has 1 aromatic rings. The van der Waals surface area contributed by atoms with Gasteiger partial charge in [0.15, 0.2) is 5.96 Å². The molecule has 1 aromatic heterocycles. The van der Waals surface area contributed by atoms with Crippen LogP contribution >= 0.6 is 0 Å². The van der Waals surface area contributed by atoms with Gasteiger partial charge in [-0.3, -0.25) is 0 Å². The van der Waals surface area contributed by atoms with Crippen molar-refractivity contribution in [1.82, 2.24) is 19.8 Å². The van der Waals surface area contributed by atoms with Gasteiger partial charge in [0.2, 0.25) is 0 Å². The molecule has 0 aromatic carbocycles. The molecule has 1 aliphatic heterocycles. The van der Waals surface area contributed by atoms with Crippen LogP contribution in [0.25, 0.3) is 0 Å². The predicted octanol–water partition coefficient (Wildman–Crippen LogP) is 1.92. The molecular weight excluding hydrogens is 250 g/mol. The number of rotatable bonds is 4. The van der Waals surface area contributed by atoms with E-state index in [-0.39, 0.29) is 0 Å².